The fraction of sp³-hybridized carbons (Fsp3) is 0.0625. The molecule has 0 bridgehead atoms. The third-order valence-electron chi connectivity index (χ3n) is 3.54. The van der Waals surface area contributed by atoms with Gasteiger partial charge in [-0.3, -0.25) is 0 Å². The van der Waals surface area contributed by atoms with Crippen LogP contribution in [0.3, 0.4) is 0 Å². The molecule has 0 aliphatic heterocycles. The van der Waals surface area contributed by atoms with Crippen LogP contribution < -0.4 is 5.73 Å². The number of oxazole rings is 1. The van der Waals surface area contributed by atoms with Gasteiger partial charge < -0.3 is 14.7 Å². The average molecular weight is 281 g/mol. The Labute approximate surface area is 119 Å². The maximum atomic E-state index is 13.4. The monoisotopic (exact) mass is 281 g/mol. The van der Waals surface area contributed by atoms with Crippen molar-refractivity contribution < 1.29 is 8.81 Å². The standard InChI is InChI=1S/C16H12FN3O/c17-11-5-4-10-6-7-20(13(10)8-11)9-15-19-16-12(18)2-1-3-14(16)21-15/h1-8H,9,18H2. The second-order valence-electron chi connectivity index (χ2n) is 4.95. The molecule has 2 aromatic heterocycles. The zero-order valence-corrected chi connectivity index (χ0v) is 11.1. The lowest BCUT2D eigenvalue weighted by Gasteiger charge is -2.01. The van der Waals surface area contributed by atoms with Crippen LogP contribution in [-0.4, -0.2) is 9.55 Å². The molecule has 4 nitrogen and oxygen atoms in total. The molecule has 2 N–H and O–H groups in total. The smallest absolute Gasteiger partial charge is 0.215 e. The van der Waals surface area contributed by atoms with Gasteiger partial charge in [-0.2, -0.15) is 0 Å². The lowest BCUT2D eigenvalue weighted by Crippen LogP contribution is -1.98. The molecule has 0 saturated heterocycles. The molecular formula is C16H12FN3O. The number of aromatic nitrogens is 2. The number of nitrogens with zero attached hydrogens (tertiary/aromatic N) is 2. The van der Waals surface area contributed by atoms with Crippen molar-refractivity contribution in [1.29, 1.82) is 0 Å². The Balaban J connectivity index is 1.79. The molecule has 0 atom stereocenters. The van der Waals surface area contributed by atoms with E-state index in [1.54, 1.807) is 12.1 Å². The van der Waals surface area contributed by atoms with Crippen LogP contribution in [0.25, 0.3) is 22.0 Å². The third-order valence-corrected chi connectivity index (χ3v) is 3.54. The molecule has 2 aromatic carbocycles. The highest BCUT2D eigenvalue weighted by Crippen LogP contribution is 2.23. The van der Waals surface area contributed by atoms with Crippen molar-refractivity contribution in [2.45, 2.75) is 6.54 Å². The molecule has 0 amide bonds. The maximum absolute atomic E-state index is 13.4. The number of para-hydroxylation sites is 1. The average Bonchev–Trinajstić information content (AvgIpc) is 3.04. The van der Waals surface area contributed by atoms with E-state index in [2.05, 4.69) is 4.98 Å². The molecule has 4 aromatic rings. The highest BCUT2D eigenvalue weighted by molar-refractivity contribution is 5.85. The van der Waals surface area contributed by atoms with Crippen LogP contribution in [0, 0.1) is 5.82 Å². The van der Waals surface area contributed by atoms with Gasteiger partial charge in [0.05, 0.1) is 17.7 Å². The number of benzene rings is 2. The zero-order chi connectivity index (χ0) is 14.4. The highest BCUT2D eigenvalue weighted by Gasteiger charge is 2.10. The number of nitrogen functional groups attached to an aromatic ring is 1. The Hall–Kier alpha value is -2.82. The van der Waals surface area contributed by atoms with E-state index >= 15 is 0 Å². The van der Waals surface area contributed by atoms with Gasteiger partial charge >= 0.3 is 0 Å². The largest absolute Gasteiger partial charge is 0.439 e. The minimum Gasteiger partial charge on any atom is -0.439 e. The minimum atomic E-state index is -0.260. The van der Waals surface area contributed by atoms with Gasteiger partial charge in [0.2, 0.25) is 5.89 Å². The molecule has 0 spiro atoms. The van der Waals surface area contributed by atoms with Crippen LogP contribution in [0.5, 0.6) is 0 Å². The van der Waals surface area contributed by atoms with E-state index in [0.717, 1.165) is 10.9 Å². The van der Waals surface area contributed by atoms with Gasteiger partial charge in [0, 0.05) is 6.20 Å². The van der Waals surface area contributed by atoms with E-state index in [1.165, 1.54) is 12.1 Å². The Morgan fingerprint density at radius 2 is 2.10 bits per heavy atom. The van der Waals surface area contributed by atoms with Crippen LogP contribution in [0.4, 0.5) is 10.1 Å². The fourth-order valence-electron chi connectivity index (χ4n) is 2.52. The quantitative estimate of drug-likeness (QED) is 0.572. The van der Waals surface area contributed by atoms with Gasteiger partial charge in [-0.15, -0.1) is 0 Å². The Morgan fingerprint density at radius 1 is 1.19 bits per heavy atom. The SMILES string of the molecule is Nc1cccc2oc(Cn3ccc4ccc(F)cc43)nc12. The number of nitrogens with two attached hydrogens (primary N) is 1. The van der Waals surface area contributed by atoms with Gasteiger partial charge in [-0.25, -0.2) is 9.37 Å². The van der Waals surface area contributed by atoms with E-state index in [4.69, 9.17) is 10.2 Å². The summed E-state index contributed by atoms with van der Waals surface area (Å²) in [5, 5.41) is 0.979. The summed E-state index contributed by atoms with van der Waals surface area (Å²) in [6.45, 7) is 0.432. The lowest BCUT2D eigenvalue weighted by molar-refractivity contribution is 0.513. The van der Waals surface area contributed by atoms with Crippen molar-refractivity contribution in [3.63, 3.8) is 0 Å². The predicted molar refractivity (Wildman–Crippen MR) is 79.4 cm³/mol. The van der Waals surface area contributed by atoms with Gasteiger partial charge in [-0.05, 0) is 41.8 Å². The van der Waals surface area contributed by atoms with Crippen molar-refractivity contribution in [1.82, 2.24) is 9.55 Å². The Kier molecular flexibility index (Phi) is 2.47. The first kappa shape index (κ1) is 12.0. The fourth-order valence-corrected chi connectivity index (χ4v) is 2.52. The Morgan fingerprint density at radius 3 is 2.95 bits per heavy atom. The molecule has 0 aliphatic carbocycles. The van der Waals surface area contributed by atoms with Crippen molar-refractivity contribution in [3.05, 3.63) is 60.4 Å². The first-order chi connectivity index (χ1) is 10.2. The van der Waals surface area contributed by atoms with Crippen LogP contribution >= 0.6 is 0 Å². The normalized spacial score (nSPS) is 11.5. The second kappa shape index (κ2) is 4.34. The van der Waals surface area contributed by atoms with E-state index < -0.39 is 0 Å². The molecule has 4 rings (SSSR count). The molecule has 0 fully saturated rings. The molecule has 21 heavy (non-hydrogen) atoms. The van der Waals surface area contributed by atoms with Crippen molar-refractivity contribution in [2.75, 3.05) is 5.73 Å². The number of halogens is 1. The van der Waals surface area contributed by atoms with E-state index in [1.807, 2.05) is 29.0 Å². The Bertz CT molecular complexity index is 955. The number of anilines is 1. The van der Waals surface area contributed by atoms with E-state index in [-0.39, 0.29) is 5.82 Å². The van der Waals surface area contributed by atoms with E-state index in [9.17, 15) is 4.39 Å². The number of fused-ring (bicyclic) bond motifs is 2. The summed E-state index contributed by atoms with van der Waals surface area (Å²) in [5.74, 6) is 0.286. The summed E-state index contributed by atoms with van der Waals surface area (Å²) < 4.78 is 21.0. The summed E-state index contributed by atoms with van der Waals surface area (Å²) >= 11 is 0. The molecule has 104 valence electrons. The third kappa shape index (κ3) is 1.94. The number of rotatable bonds is 2. The van der Waals surface area contributed by atoms with Crippen LogP contribution in [-0.2, 0) is 6.54 Å². The summed E-state index contributed by atoms with van der Waals surface area (Å²) in [7, 11) is 0. The summed E-state index contributed by atoms with van der Waals surface area (Å²) in [6, 6.07) is 12.1. The summed E-state index contributed by atoms with van der Waals surface area (Å²) in [6.07, 6.45) is 1.89. The first-order valence-electron chi connectivity index (χ1n) is 6.59. The van der Waals surface area contributed by atoms with E-state index in [0.29, 0.717) is 29.2 Å². The molecule has 0 radical (unpaired) electrons. The summed E-state index contributed by atoms with van der Waals surface area (Å²) in [5.41, 5.74) is 8.60. The van der Waals surface area contributed by atoms with Crippen LogP contribution in [0.15, 0.2) is 53.1 Å². The lowest BCUT2D eigenvalue weighted by atomic mass is 10.2. The number of hydrogen-bond acceptors (Lipinski definition) is 3. The number of hydrogen-bond donors (Lipinski definition) is 1. The second-order valence-corrected chi connectivity index (χ2v) is 4.95. The molecule has 0 unspecified atom stereocenters. The predicted octanol–water partition coefficient (Wildman–Crippen LogP) is 3.55. The van der Waals surface area contributed by atoms with Crippen molar-refractivity contribution >= 4 is 27.7 Å². The van der Waals surface area contributed by atoms with Crippen LogP contribution in [0.1, 0.15) is 5.89 Å². The highest BCUT2D eigenvalue weighted by atomic mass is 19.1. The molecule has 0 saturated carbocycles. The molecule has 2 heterocycles. The first-order valence-corrected chi connectivity index (χ1v) is 6.59. The molecule has 0 aliphatic rings. The van der Waals surface area contributed by atoms with Crippen molar-refractivity contribution in [2.24, 2.45) is 0 Å². The van der Waals surface area contributed by atoms with Crippen LogP contribution in [0.2, 0.25) is 0 Å². The maximum Gasteiger partial charge on any atom is 0.215 e. The van der Waals surface area contributed by atoms with Gasteiger partial charge in [0.25, 0.3) is 0 Å². The van der Waals surface area contributed by atoms with Gasteiger partial charge in [0.15, 0.2) is 5.58 Å². The topological polar surface area (TPSA) is 57.0 Å². The molecule has 5 heteroatoms. The van der Waals surface area contributed by atoms with Gasteiger partial charge in [0.1, 0.15) is 11.3 Å². The van der Waals surface area contributed by atoms with Crippen molar-refractivity contribution in [3.8, 4) is 0 Å². The minimum absolute atomic E-state index is 0.260. The summed E-state index contributed by atoms with van der Waals surface area (Å²) in [4.78, 5) is 4.41. The van der Waals surface area contributed by atoms with Gasteiger partial charge in [-0.1, -0.05) is 6.07 Å². The zero-order valence-electron chi connectivity index (χ0n) is 11.1. The molecular weight excluding hydrogens is 269 g/mol.